The maximum Gasteiger partial charge on any atom is 0.255 e. The minimum Gasteiger partial charge on any atom is -0.489 e. The SMILES string of the molecule is Cc1c(-c2cc3cccc(OCCn4cncn4)c3n2CC2CC2)nn2cc(C(=O)N3CCC[C@@H](N)C3)ccc12. The van der Waals surface area contributed by atoms with Crippen molar-refractivity contribution in [3.05, 3.63) is 66.4 Å². The number of fused-ring (bicyclic) bond motifs is 2. The molecule has 0 spiro atoms. The molecule has 1 saturated carbocycles. The van der Waals surface area contributed by atoms with Crippen molar-refractivity contribution in [2.24, 2.45) is 11.7 Å². The Hall–Kier alpha value is -4.18. The number of pyridine rings is 1. The van der Waals surface area contributed by atoms with E-state index in [0.717, 1.165) is 65.1 Å². The van der Waals surface area contributed by atoms with Crippen molar-refractivity contribution in [1.82, 2.24) is 33.8 Å². The Morgan fingerprint density at radius 3 is 2.88 bits per heavy atom. The van der Waals surface area contributed by atoms with Gasteiger partial charge >= 0.3 is 0 Å². The van der Waals surface area contributed by atoms with Crippen molar-refractivity contribution in [2.45, 2.75) is 51.7 Å². The van der Waals surface area contributed by atoms with Crippen LogP contribution >= 0.6 is 0 Å². The number of hydrogen-bond acceptors (Lipinski definition) is 6. The summed E-state index contributed by atoms with van der Waals surface area (Å²) in [7, 11) is 0. The second kappa shape index (κ2) is 10.1. The van der Waals surface area contributed by atoms with Crippen LogP contribution in [0.4, 0.5) is 0 Å². The number of para-hydroxylation sites is 1. The molecule has 1 aromatic carbocycles. The Bertz CT molecular complexity index is 1680. The van der Waals surface area contributed by atoms with Crippen LogP contribution in [-0.2, 0) is 13.1 Å². The first-order valence-corrected chi connectivity index (χ1v) is 14.2. The number of nitrogens with two attached hydrogens (primary N) is 1. The second-order valence-corrected chi connectivity index (χ2v) is 11.2. The highest BCUT2D eigenvalue weighted by molar-refractivity contribution is 5.95. The van der Waals surface area contributed by atoms with Gasteiger partial charge < -0.3 is 19.9 Å². The van der Waals surface area contributed by atoms with Gasteiger partial charge in [-0.1, -0.05) is 12.1 Å². The van der Waals surface area contributed by atoms with Gasteiger partial charge in [-0.15, -0.1) is 0 Å². The van der Waals surface area contributed by atoms with Crippen LogP contribution in [0.25, 0.3) is 27.8 Å². The summed E-state index contributed by atoms with van der Waals surface area (Å²) in [6.07, 6.45) is 9.48. The number of aromatic nitrogens is 6. The number of piperidine rings is 1. The third-order valence-corrected chi connectivity index (χ3v) is 8.18. The number of carbonyl (C=O) groups excluding carboxylic acids is 1. The summed E-state index contributed by atoms with van der Waals surface area (Å²) in [5, 5.41) is 10.3. The van der Waals surface area contributed by atoms with Gasteiger partial charge in [0.15, 0.2) is 0 Å². The Labute approximate surface area is 232 Å². The number of rotatable bonds is 8. The molecule has 1 aliphatic carbocycles. The molecule has 7 rings (SSSR count). The molecule has 40 heavy (non-hydrogen) atoms. The molecule has 10 heteroatoms. The van der Waals surface area contributed by atoms with Gasteiger partial charge in [-0.25, -0.2) is 14.2 Å². The summed E-state index contributed by atoms with van der Waals surface area (Å²) < 4.78 is 12.3. The molecule has 10 nitrogen and oxygen atoms in total. The molecule has 1 saturated heterocycles. The number of amides is 1. The molecule has 4 aromatic heterocycles. The first-order valence-electron chi connectivity index (χ1n) is 14.2. The summed E-state index contributed by atoms with van der Waals surface area (Å²) >= 11 is 0. The van der Waals surface area contributed by atoms with Gasteiger partial charge in [0.25, 0.3) is 5.91 Å². The predicted octanol–water partition coefficient (Wildman–Crippen LogP) is 3.91. The average molecular weight is 539 g/mol. The fraction of sp³-hybridized carbons (Fsp3) is 0.400. The van der Waals surface area contributed by atoms with Crippen molar-refractivity contribution in [3.8, 4) is 17.1 Å². The lowest BCUT2D eigenvalue weighted by Crippen LogP contribution is -2.45. The zero-order chi connectivity index (χ0) is 27.2. The Kier molecular flexibility index (Phi) is 6.27. The number of ether oxygens (including phenoxy) is 1. The molecule has 206 valence electrons. The topological polar surface area (TPSA) is 108 Å². The first-order chi connectivity index (χ1) is 19.5. The van der Waals surface area contributed by atoms with Crippen LogP contribution < -0.4 is 10.5 Å². The smallest absolute Gasteiger partial charge is 0.255 e. The molecular formula is C30H34N8O2. The summed E-state index contributed by atoms with van der Waals surface area (Å²) in [5.41, 5.74) is 12.0. The fourth-order valence-corrected chi connectivity index (χ4v) is 5.87. The average Bonchev–Trinajstić information content (AvgIpc) is 3.33. The van der Waals surface area contributed by atoms with Crippen molar-refractivity contribution < 1.29 is 9.53 Å². The number of aryl methyl sites for hydroxylation is 1. The molecule has 1 atom stereocenters. The fourth-order valence-electron chi connectivity index (χ4n) is 5.87. The van der Waals surface area contributed by atoms with E-state index in [4.69, 9.17) is 15.6 Å². The van der Waals surface area contributed by atoms with Gasteiger partial charge in [0.2, 0.25) is 0 Å². The van der Waals surface area contributed by atoms with E-state index in [1.165, 1.54) is 19.2 Å². The van der Waals surface area contributed by atoms with E-state index >= 15 is 0 Å². The van der Waals surface area contributed by atoms with Crippen molar-refractivity contribution in [1.29, 1.82) is 0 Å². The number of carbonyl (C=O) groups is 1. The first kappa shape index (κ1) is 24.8. The predicted molar refractivity (Wildman–Crippen MR) is 152 cm³/mol. The molecule has 1 aliphatic heterocycles. The maximum atomic E-state index is 13.3. The van der Waals surface area contributed by atoms with Crippen molar-refractivity contribution >= 4 is 22.3 Å². The summed E-state index contributed by atoms with van der Waals surface area (Å²) in [6.45, 7) is 5.51. The normalized spacial score (nSPS) is 17.6. The van der Waals surface area contributed by atoms with Gasteiger partial charge in [0.05, 0.1) is 28.8 Å². The summed E-state index contributed by atoms with van der Waals surface area (Å²) in [5.74, 6) is 1.54. The molecule has 1 amide bonds. The molecule has 2 N–H and O–H groups in total. The number of benzene rings is 1. The van der Waals surface area contributed by atoms with E-state index in [1.54, 1.807) is 11.0 Å². The summed E-state index contributed by atoms with van der Waals surface area (Å²) in [6, 6.07) is 12.4. The van der Waals surface area contributed by atoms with Crippen LogP contribution in [0.1, 0.15) is 41.6 Å². The number of likely N-dealkylation sites (tertiary alicyclic amines) is 1. The van der Waals surface area contributed by atoms with E-state index in [9.17, 15) is 4.79 Å². The van der Waals surface area contributed by atoms with E-state index < -0.39 is 0 Å². The van der Waals surface area contributed by atoms with Crippen LogP contribution in [0.15, 0.2) is 55.2 Å². The molecule has 2 aliphatic rings. The minimum absolute atomic E-state index is 0.0160. The quantitative estimate of drug-likeness (QED) is 0.321. The second-order valence-electron chi connectivity index (χ2n) is 11.2. The van der Waals surface area contributed by atoms with Gasteiger partial charge in [-0.2, -0.15) is 10.2 Å². The number of hydrogen-bond donors (Lipinski definition) is 1. The van der Waals surface area contributed by atoms with Gasteiger partial charge in [0, 0.05) is 42.8 Å². The van der Waals surface area contributed by atoms with Gasteiger partial charge in [0.1, 0.15) is 30.7 Å². The van der Waals surface area contributed by atoms with E-state index in [2.05, 4.69) is 33.7 Å². The largest absolute Gasteiger partial charge is 0.489 e. The number of nitrogens with zero attached hydrogens (tertiary/aromatic N) is 7. The Morgan fingerprint density at radius 1 is 1.18 bits per heavy atom. The lowest BCUT2D eigenvalue weighted by atomic mass is 10.1. The lowest BCUT2D eigenvalue weighted by Gasteiger charge is -2.30. The maximum absolute atomic E-state index is 13.3. The molecule has 0 unspecified atom stereocenters. The molecule has 0 radical (unpaired) electrons. The van der Waals surface area contributed by atoms with Gasteiger partial charge in [-0.3, -0.25) is 4.79 Å². The zero-order valence-electron chi connectivity index (χ0n) is 22.7. The standard InChI is InChI=1S/C30H34N8O2/c1-20-25-10-9-23(30(39)35-11-3-5-24(31)17-35)16-38(25)34-28(20)26-14-22-4-2-6-27(29(22)37(26)15-21-7-8-21)40-13-12-36-19-32-18-33-36/h2,4,6,9-10,14,16,18-19,21,24H,3,5,7-8,11-13,15,17,31H2,1H3/t24-/m1/s1. The van der Waals surface area contributed by atoms with Crippen LogP contribution in [0.5, 0.6) is 5.75 Å². The minimum atomic E-state index is 0.0160. The molecule has 2 fully saturated rings. The Morgan fingerprint density at radius 2 is 2.08 bits per heavy atom. The van der Waals surface area contributed by atoms with E-state index in [0.29, 0.717) is 31.2 Å². The van der Waals surface area contributed by atoms with E-state index in [-0.39, 0.29) is 11.9 Å². The molecule has 5 aromatic rings. The van der Waals surface area contributed by atoms with Crippen molar-refractivity contribution in [2.75, 3.05) is 19.7 Å². The van der Waals surface area contributed by atoms with E-state index in [1.807, 2.05) is 39.9 Å². The highest BCUT2D eigenvalue weighted by Crippen LogP contribution is 2.39. The monoisotopic (exact) mass is 538 g/mol. The molecular weight excluding hydrogens is 504 g/mol. The van der Waals surface area contributed by atoms with Crippen LogP contribution in [0, 0.1) is 12.8 Å². The molecule has 0 bridgehead atoms. The van der Waals surface area contributed by atoms with Gasteiger partial charge in [-0.05, 0) is 62.8 Å². The Balaban J connectivity index is 1.25. The van der Waals surface area contributed by atoms with Crippen molar-refractivity contribution in [3.63, 3.8) is 0 Å². The lowest BCUT2D eigenvalue weighted by molar-refractivity contribution is 0.0708. The zero-order valence-corrected chi connectivity index (χ0v) is 22.7. The van der Waals surface area contributed by atoms with Crippen LogP contribution in [-0.4, -0.2) is 65.5 Å². The van der Waals surface area contributed by atoms with Crippen LogP contribution in [0.3, 0.4) is 0 Å². The highest BCUT2D eigenvalue weighted by atomic mass is 16.5. The third-order valence-electron chi connectivity index (χ3n) is 8.18. The van der Waals surface area contributed by atoms with Crippen LogP contribution in [0.2, 0.25) is 0 Å². The summed E-state index contributed by atoms with van der Waals surface area (Å²) in [4.78, 5) is 19.1. The highest BCUT2D eigenvalue weighted by Gasteiger charge is 2.27. The third kappa shape index (κ3) is 4.62. The molecule has 5 heterocycles.